The Morgan fingerprint density at radius 3 is 2.72 bits per heavy atom. The number of carbonyl (C=O) groups excluding carboxylic acids is 1. The molecule has 1 aromatic carbocycles. The minimum absolute atomic E-state index is 0.0516. The van der Waals surface area contributed by atoms with Crippen LogP contribution in [0.2, 0.25) is 0 Å². The van der Waals surface area contributed by atoms with Crippen LogP contribution in [0, 0.1) is 0 Å². The van der Waals surface area contributed by atoms with E-state index in [4.69, 9.17) is 14.2 Å². The van der Waals surface area contributed by atoms with E-state index in [1.165, 1.54) is 18.3 Å². The molecule has 0 bridgehead atoms. The summed E-state index contributed by atoms with van der Waals surface area (Å²) in [6, 6.07) is 6.00. The van der Waals surface area contributed by atoms with E-state index in [1.807, 2.05) is 13.8 Å². The van der Waals surface area contributed by atoms with Crippen LogP contribution >= 0.6 is 0 Å². The number of nitrogens with zero attached hydrogens (tertiary/aromatic N) is 2. The average molecular weight is 449 g/mol. The smallest absolute Gasteiger partial charge is 0.351 e. The Kier molecular flexibility index (Phi) is 5.43. The molecule has 172 valence electrons. The lowest BCUT2D eigenvalue weighted by Crippen LogP contribution is -2.42. The van der Waals surface area contributed by atoms with Gasteiger partial charge in [-0.15, -0.1) is 0 Å². The second-order valence-corrected chi connectivity index (χ2v) is 8.57. The number of rotatable bonds is 4. The van der Waals surface area contributed by atoms with Gasteiger partial charge in [0.25, 0.3) is 5.91 Å². The van der Waals surface area contributed by atoms with Gasteiger partial charge in [0, 0.05) is 11.8 Å². The fourth-order valence-electron chi connectivity index (χ4n) is 3.64. The normalized spacial score (nSPS) is 28.4. The van der Waals surface area contributed by atoms with E-state index in [0.29, 0.717) is 18.1 Å². The van der Waals surface area contributed by atoms with Gasteiger partial charge in [0.15, 0.2) is 23.4 Å². The van der Waals surface area contributed by atoms with Crippen molar-refractivity contribution >= 4 is 11.7 Å². The molecule has 2 aliphatic heterocycles. The lowest BCUT2D eigenvalue weighted by molar-refractivity contribution is -0.0610. The zero-order chi connectivity index (χ0) is 23.3. The molecule has 2 aliphatic rings. The first-order chi connectivity index (χ1) is 15.0. The summed E-state index contributed by atoms with van der Waals surface area (Å²) in [5.74, 6) is 0.364. The number of hydrogen-bond acceptors (Lipinski definition) is 8. The molecule has 2 unspecified atom stereocenters. The molecule has 3 N–H and O–H groups in total. The van der Waals surface area contributed by atoms with Crippen molar-refractivity contribution in [3.8, 4) is 11.5 Å². The van der Waals surface area contributed by atoms with E-state index in [-0.39, 0.29) is 11.4 Å². The molecule has 1 aromatic heterocycles. The summed E-state index contributed by atoms with van der Waals surface area (Å²) in [5.41, 5.74) is -3.50. The number of aliphatic hydroxyl groups excluding tert-OH is 2. The maximum absolute atomic E-state index is 14.9. The Morgan fingerprint density at radius 2 is 2.06 bits per heavy atom. The molecule has 10 nitrogen and oxygen atoms in total. The molecule has 1 fully saturated rings. The molecule has 0 spiro atoms. The second-order valence-electron chi connectivity index (χ2n) is 8.57. The van der Waals surface area contributed by atoms with Crippen LogP contribution in [0.25, 0.3) is 0 Å². The van der Waals surface area contributed by atoms with Crippen LogP contribution < -0.4 is 20.5 Å². The Morgan fingerprint density at radius 1 is 1.31 bits per heavy atom. The number of nitrogens with one attached hydrogen (secondary N) is 1. The van der Waals surface area contributed by atoms with Crippen molar-refractivity contribution < 1.29 is 33.6 Å². The summed E-state index contributed by atoms with van der Waals surface area (Å²) < 4.78 is 32.5. The summed E-state index contributed by atoms with van der Waals surface area (Å²) in [5, 5.41) is 21.7. The number of anilines is 1. The summed E-state index contributed by atoms with van der Waals surface area (Å²) in [6.07, 6.45) is -3.09. The van der Waals surface area contributed by atoms with E-state index >= 15 is 0 Å². The van der Waals surface area contributed by atoms with Crippen molar-refractivity contribution in [3.63, 3.8) is 0 Å². The standard InChI is InChI=1S/C21H24FN3O7/c1-20(2)10-30-12-5-4-11(8-13(12)32-20)17(28)23-15-6-7-25(19(29)24-15)18-21(3,22)16(27)14(9-26)31-18/h4-8,14,16,18,26-27H,9-10H2,1-3H3,(H,23,24,28,29)/t14-,16-,18?,21?/m1/s1. The molecule has 0 aliphatic carbocycles. The first-order valence-electron chi connectivity index (χ1n) is 10.0. The van der Waals surface area contributed by atoms with E-state index < -0.39 is 47.9 Å². The molecule has 4 atom stereocenters. The van der Waals surface area contributed by atoms with Crippen molar-refractivity contribution in [2.24, 2.45) is 0 Å². The van der Waals surface area contributed by atoms with Crippen LogP contribution in [-0.2, 0) is 4.74 Å². The SMILES string of the molecule is CC1(C)COc2ccc(C(=O)Nc3ccn(C4O[C@H](CO)[C@@H](O)C4(C)F)c(=O)n3)cc2O1. The molecule has 11 heteroatoms. The van der Waals surface area contributed by atoms with Gasteiger partial charge >= 0.3 is 5.69 Å². The largest absolute Gasteiger partial charge is 0.486 e. The van der Waals surface area contributed by atoms with Crippen molar-refractivity contribution in [2.75, 3.05) is 18.5 Å². The predicted octanol–water partition coefficient (Wildman–Crippen LogP) is 1.02. The molecule has 1 saturated heterocycles. The van der Waals surface area contributed by atoms with Crippen LogP contribution in [0.3, 0.4) is 0 Å². The number of aromatic nitrogens is 2. The van der Waals surface area contributed by atoms with Crippen molar-refractivity contribution in [1.82, 2.24) is 9.55 Å². The molecule has 0 saturated carbocycles. The van der Waals surface area contributed by atoms with Gasteiger partial charge in [0.05, 0.1) is 6.61 Å². The van der Waals surface area contributed by atoms with Crippen molar-refractivity contribution in [1.29, 1.82) is 0 Å². The molecular formula is C21H24FN3O7. The van der Waals surface area contributed by atoms with E-state index in [2.05, 4.69) is 10.3 Å². The number of hydrogen-bond donors (Lipinski definition) is 3. The third kappa shape index (κ3) is 3.94. The first-order valence-corrected chi connectivity index (χ1v) is 10.0. The molecule has 0 radical (unpaired) electrons. The van der Waals surface area contributed by atoms with Gasteiger partial charge < -0.3 is 29.7 Å². The van der Waals surface area contributed by atoms with Crippen molar-refractivity contribution in [3.05, 3.63) is 46.5 Å². The zero-order valence-corrected chi connectivity index (χ0v) is 17.7. The Bertz CT molecular complexity index is 1100. The summed E-state index contributed by atoms with van der Waals surface area (Å²) in [7, 11) is 0. The van der Waals surface area contributed by atoms with Gasteiger partial charge in [-0.05, 0) is 45.0 Å². The first kappa shape index (κ1) is 22.2. The lowest BCUT2D eigenvalue weighted by Gasteiger charge is -2.32. The number of carbonyl (C=O) groups is 1. The molecule has 4 rings (SSSR count). The number of alkyl halides is 1. The second kappa shape index (κ2) is 7.84. The minimum Gasteiger partial charge on any atom is -0.486 e. The van der Waals surface area contributed by atoms with Gasteiger partial charge in [-0.1, -0.05) is 0 Å². The van der Waals surface area contributed by atoms with Gasteiger partial charge in [0.2, 0.25) is 0 Å². The Balaban J connectivity index is 1.52. The monoisotopic (exact) mass is 449 g/mol. The highest BCUT2D eigenvalue weighted by atomic mass is 19.1. The minimum atomic E-state index is -2.33. The van der Waals surface area contributed by atoms with Crippen LogP contribution in [0.15, 0.2) is 35.3 Å². The highest BCUT2D eigenvalue weighted by Crippen LogP contribution is 2.40. The molecule has 1 amide bonds. The van der Waals surface area contributed by atoms with E-state index in [1.54, 1.807) is 12.1 Å². The summed E-state index contributed by atoms with van der Waals surface area (Å²) in [4.78, 5) is 28.9. The average Bonchev–Trinajstić information content (AvgIpc) is 2.96. The fraction of sp³-hybridized carbons (Fsp3) is 0.476. The topological polar surface area (TPSA) is 132 Å². The maximum Gasteiger partial charge on any atom is 0.351 e. The van der Waals surface area contributed by atoms with E-state index in [0.717, 1.165) is 11.5 Å². The number of ether oxygens (including phenoxy) is 3. The highest BCUT2D eigenvalue weighted by molar-refractivity contribution is 6.04. The van der Waals surface area contributed by atoms with Crippen LogP contribution in [0.5, 0.6) is 11.5 Å². The summed E-state index contributed by atoms with van der Waals surface area (Å²) >= 11 is 0. The predicted molar refractivity (Wildman–Crippen MR) is 110 cm³/mol. The summed E-state index contributed by atoms with van der Waals surface area (Å²) in [6.45, 7) is 4.56. The van der Waals surface area contributed by atoms with E-state index in [9.17, 15) is 24.2 Å². The number of amides is 1. The molecule has 2 aromatic rings. The maximum atomic E-state index is 14.9. The Hall–Kier alpha value is -3.02. The van der Waals surface area contributed by atoms with Crippen LogP contribution in [0.1, 0.15) is 37.4 Å². The third-order valence-electron chi connectivity index (χ3n) is 5.39. The quantitative estimate of drug-likeness (QED) is 0.631. The number of fused-ring (bicyclic) bond motifs is 1. The number of benzene rings is 1. The fourth-order valence-corrected chi connectivity index (χ4v) is 3.64. The molecule has 32 heavy (non-hydrogen) atoms. The van der Waals surface area contributed by atoms with Crippen LogP contribution in [0.4, 0.5) is 10.2 Å². The number of halogens is 1. The zero-order valence-electron chi connectivity index (χ0n) is 17.7. The molecular weight excluding hydrogens is 425 g/mol. The van der Waals surface area contributed by atoms with Crippen molar-refractivity contribution in [2.45, 2.75) is 50.5 Å². The van der Waals surface area contributed by atoms with Gasteiger partial charge in [-0.2, -0.15) is 4.98 Å². The number of aliphatic hydroxyl groups is 2. The Labute approximate surface area is 182 Å². The van der Waals surface area contributed by atoms with Gasteiger partial charge in [-0.25, -0.2) is 9.18 Å². The van der Waals surface area contributed by atoms with Gasteiger partial charge in [-0.3, -0.25) is 9.36 Å². The third-order valence-corrected chi connectivity index (χ3v) is 5.39. The lowest BCUT2D eigenvalue weighted by atomic mass is 9.98. The van der Waals surface area contributed by atoms with Gasteiger partial charge in [0.1, 0.15) is 30.2 Å². The highest BCUT2D eigenvalue weighted by Gasteiger charge is 2.55. The molecule has 3 heterocycles. The van der Waals surface area contributed by atoms with Crippen LogP contribution in [-0.4, -0.2) is 62.4 Å².